The first kappa shape index (κ1) is 14.9. The Balaban J connectivity index is 2.22. The Bertz CT molecular complexity index is 648. The topological polar surface area (TPSA) is 72.9 Å². The molecule has 112 valence electrons. The van der Waals surface area contributed by atoms with Crippen molar-refractivity contribution in [1.29, 1.82) is 0 Å². The Hall–Kier alpha value is -2.51. The molecule has 0 saturated carbocycles. The normalized spacial score (nSPS) is 12.2. The summed E-state index contributed by atoms with van der Waals surface area (Å²) in [6, 6.07) is 1.75. The van der Waals surface area contributed by atoms with E-state index in [-0.39, 0.29) is 6.04 Å². The van der Waals surface area contributed by atoms with Crippen LogP contribution >= 0.6 is 0 Å². The molecule has 0 aliphatic carbocycles. The van der Waals surface area contributed by atoms with E-state index >= 15 is 0 Å². The van der Waals surface area contributed by atoms with Crippen LogP contribution in [0.5, 0.6) is 0 Å². The van der Waals surface area contributed by atoms with Gasteiger partial charge in [-0.3, -0.25) is 0 Å². The van der Waals surface area contributed by atoms with Gasteiger partial charge in [-0.05, 0) is 13.0 Å². The summed E-state index contributed by atoms with van der Waals surface area (Å²) in [7, 11) is 0. The van der Waals surface area contributed by atoms with E-state index in [2.05, 4.69) is 10.4 Å². The summed E-state index contributed by atoms with van der Waals surface area (Å²) < 4.78 is 41.1. The van der Waals surface area contributed by atoms with Gasteiger partial charge in [0.05, 0.1) is 5.69 Å². The number of rotatable bonds is 4. The summed E-state index contributed by atoms with van der Waals surface area (Å²) in [6.45, 7) is 1.71. The molecule has 1 heterocycles. The molecule has 0 bridgehead atoms. The van der Waals surface area contributed by atoms with Gasteiger partial charge in [-0.25, -0.2) is 22.6 Å². The lowest BCUT2D eigenvalue weighted by Crippen LogP contribution is -2.38. The number of nitrogens with two attached hydrogens (primary N) is 1. The zero-order chi connectivity index (χ0) is 15.6. The summed E-state index contributed by atoms with van der Waals surface area (Å²) in [5.41, 5.74) is 5.03. The van der Waals surface area contributed by atoms with Crippen molar-refractivity contribution in [1.82, 2.24) is 15.1 Å². The van der Waals surface area contributed by atoms with Crippen LogP contribution in [0.2, 0.25) is 0 Å². The first-order valence-electron chi connectivity index (χ1n) is 6.12. The zero-order valence-electron chi connectivity index (χ0n) is 11.1. The number of benzene rings is 1. The van der Waals surface area contributed by atoms with E-state index in [1.54, 1.807) is 13.0 Å². The Morgan fingerprint density at radius 2 is 2.00 bits per heavy atom. The van der Waals surface area contributed by atoms with E-state index in [0.29, 0.717) is 24.2 Å². The number of primary amides is 1. The van der Waals surface area contributed by atoms with Crippen molar-refractivity contribution >= 4 is 6.03 Å². The van der Waals surface area contributed by atoms with Gasteiger partial charge in [0.15, 0.2) is 11.6 Å². The molecule has 2 rings (SSSR count). The highest BCUT2D eigenvalue weighted by Gasteiger charge is 2.15. The Kier molecular flexibility index (Phi) is 4.15. The van der Waals surface area contributed by atoms with Crippen LogP contribution in [0.3, 0.4) is 0 Å². The van der Waals surface area contributed by atoms with E-state index < -0.39 is 29.2 Å². The van der Waals surface area contributed by atoms with Crippen LogP contribution in [0.15, 0.2) is 24.4 Å². The van der Waals surface area contributed by atoms with Gasteiger partial charge in [0.1, 0.15) is 11.5 Å². The Morgan fingerprint density at radius 1 is 1.38 bits per heavy atom. The van der Waals surface area contributed by atoms with Gasteiger partial charge >= 0.3 is 6.03 Å². The van der Waals surface area contributed by atoms with Crippen LogP contribution in [-0.4, -0.2) is 21.9 Å². The number of halogens is 3. The average molecular weight is 298 g/mol. The van der Waals surface area contributed by atoms with Gasteiger partial charge in [0.2, 0.25) is 0 Å². The second kappa shape index (κ2) is 5.86. The molecule has 1 aromatic heterocycles. The van der Waals surface area contributed by atoms with Crippen molar-refractivity contribution in [3.05, 3.63) is 47.5 Å². The predicted molar refractivity (Wildman–Crippen MR) is 69.3 cm³/mol. The third-order valence-corrected chi connectivity index (χ3v) is 2.76. The molecule has 0 fully saturated rings. The maximum absolute atomic E-state index is 13.6. The second-order valence-corrected chi connectivity index (χ2v) is 4.58. The molecule has 2 amide bonds. The lowest BCUT2D eigenvalue weighted by atomic mass is 10.2. The van der Waals surface area contributed by atoms with Crippen LogP contribution in [0, 0.1) is 17.5 Å². The fraction of sp³-hybridized carbons (Fsp3) is 0.231. The van der Waals surface area contributed by atoms with Crippen LogP contribution in [-0.2, 0) is 6.42 Å². The number of aromatic nitrogens is 2. The molecule has 2 aromatic rings. The molecule has 0 spiro atoms. The van der Waals surface area contributed by atoms with Crippen molar-refractivity contribution in [3.63, 3.8) is 0 Å². The molecule has 21 heavy (non-hydrogen) atoms. The minimum atomic E-state index is -1.05. The molecular formula is C13H13F3N4O. The number of urea groups is 1. The molecule has 0 radical (unpaired) electrons. The van der Waals surface area contributed by atoms with Gasteiger partial charge in [0.25, 0.3) is 0 Å². The van der Waals surface area contributed by atoms with Crippen LogP contribution in [0.25, 0.3) is 5.69 Å². The number of nitrogens with zero attached hydrogens (tertiary/aromatic N) is 2. The fourth-order valence-electron chi connectivity index (χ4n) is 1.96. The highest BCUT2D eigenvalue weighted by Crippen LogP contribution is 2.19. The maximum atomic E-state index is 13.6. The molecule has 1 atom stereocenters. The van der Waals surface area contributed by atoms with Crippen LogP contribution in [0.4, 0.5) is 18.0 Å². The lowest BCUT2D eigenvalue weighted by Gasteiger charge is -2.10. The molecule has 8 heteroatoms. The van der Waals surface area contributed by atoms with Crippen LogP contribution in [0.1, 0.15) is 12.6 Å². The van der Waals surface area contributed by atoms with E-state index in [0.717, 1.165) is 4.68 Å². The number of nitrogens with one attached hydrogen (secondary N) is 1. The molecular weight excluding hydrogens is 285 g/mol. The minimum Gasteiger partial charge on any atom is -0.352 e. The SMILES string of the molecule is C[C@@H](Cc1ccn(-c2c(F)cc(F)cc2F)n1)NC(N)=O. The number of amides is 2. The second-order valence-electron chi connectivity index (χ2n) is 4.58. The molecule has 0 unspecified atom stereocenters. The first-order valence-corrected chi connectivity index (χ1v) is 6.12. The van der Waals surface area contributed by atoms with Crippen molar-refractivity contribution in [2.24, 2.45) is 5.73 Å². The number of carbonyl (C=O) groups excluding carboxylic acids is 1. The smallest absolute Gasteiger partial charge is 0.312 e. The summed E-state index contributed by atoms with van der Waals surface area (Å²) in [4.78, 5) is 10.7. The monoisotopic (exact) mass is 298 g/mol. The number of hydrogen-bond acceptors (Lipinski definition) is 2. The van der Waals surface area contributed by atoms with Crippen molar-refractivity contribution in [2.75, 3.05) is 0 Å². The molecule has 1 aromatic carbocycles. The molecule has 3 N–H and O–H groups in total. The number of carbonyl (C=O) groups is 1. The Labute approximate surface area is 118 Å². The third kappa shape index (κ3) is 3.53. The van der Waals surface area contributed by atoms with E-state index in [9.17, 15) is 18.0 Å². The van der Waals surface area contributed by atoms with Crippen LogP contribution < -0.4 is 11.1 Å². The quantitative estimate of drug-likeness (QED) is 0.904. The summed E-state index contributed by atoms with van der Waals surface area (Å²) in [5, 5.41) is 6.46. The standard InChI is InChI=1S/C13H13F3N4O/c1-7(18-13(17)21)4-9-2-3-20(19-9)12-10(15)5-8(14)6-11(12)16/h2-3,5-7H,4H2,1H3,(H3,17,18,21)/t7-/m0/s1. The largest absolute Gasteiger partial charge is 0.352 e. The van der Waals surface area contributed by atoms with Gasteiger partial charge in [-0.2, -0.15) is 5.10 Å². The summed E-state index contributed by atoms with van der Waals surface area (Å²) in [6.07, 6.45) is 1.69. The maximum Gasteiger partial charge on any atom is 0.312 e. The van der Waals surface area contributed by atoms with Gasteiger partial charge in [0, 0.05) is 30.8 Å². The summed E-state index contributed by atoms with van der Waals surface area (Å²) in [5.74, 6) is -3.10. The fourth-order valence-corrected chi connectivity index (χ4v) is 1.96. The third-order valence-electron chi connectivity index (χ3n) is 2.76. The van der Waals surface area contributed by atoms with E-state index in [1.807, 2.05) is 0 Å². The van der Waals surface area contributed by atoms with E-state index in [1.165, 1.54) is 6.20 Å². The highest BCUT2D eigenvalue weighted by atomic mass is 19.1. The van der Waals surface area contributed by atoms with Gasteiger partial charge in [-0.15, -0.1) is 0 Å². The molecule has 5 nitrogen and oxygen atoms in total. The molecule has 0 aliphatic rings. The van der Waals surface area contributed by atoms with Gasteiger partial charge in [-0.1, -0.05) is 0 Å². The van der Waals surface area contributed by atoms with E-state index in [4.69, 9.17) is 5.73 Å². The van der Waals surface area contributed by atoms with Crippen molar-refractivity contribution in [3.8, 4) is 5.69 Å². The Morgan fingerprint density at radius 3 is 2.57 bits per heavy atom. The average Bonchev–Trinajstić information content (AvgIpc) is 2.74. The lowest BCUT2D eigenvalue weighted by molar-refractivity contribution is 0.246. The highest BCUT2D eigenvalue weighted by molar-refractivity contribution is 5.71. The molecule has 0 aliphatic heterocycles. The predicted octanol–water partition coefficient (Wildman–Crippen LogP) is 1.89. The summed E-state index contributed by atoms with van der Waals surface area (Å²) >= 11 is 0. The molecule has 0 saturated heterocycles. The van der Waals surface area contributed by atoms with Gasteiger partial charge < -0.3 is 11.1 Å². The minimum absolute atomic E-state index is 0.284. The van der Waals surface area contributed by atoms with Crippen molar-refractivity contribution < 1.29 is 18.0 Å². The van der Waals surface area contributed by atoms with Crippen molar-refractivity contribution in [2.45, 2.75) is 19.4 Å². The number of hydrogen-bond donors (Lipinski definition) is 2. The first-order chi connectivity index (χ1) is 9.86. The zero-order valence-corrected chi connectivity index (χ0v) is 11.1.